The Kier molecular flexibility index (Phi) is 23.2. The maximum atomic E-state index is 12.7. The first-order valence-electron chi connectivity index (χ1n) is 24.1. The summed E-state index contributed by atoms with van der Waals surface area (Å²) in [6.45, 7) is 9.60. The van der Waals surface area contributed by atoms with E-state index in [0.717, 1.165) is 4.90 Å². The van der Waals surface area contributed by atoms with E-state index in [4.69, 9.17) is 70.1 Å². The summed E-state index contributed by atoms with van der Waals surface area (Å²) in [6.07, 6.45) is -2.19. The number of amides is 2. The van der Waals surface area contributed by atoms with Gasteiger partial charge in [-0.05, 0) is 129 Å². The van der Waals surface area contributed by atoms with Crippen LogP contribution in [0.5, 0.6) is 11.5 Å². The molecule has 5 aliphatic heterocycles. The molecule has 1 radical (unpaired) electrons. The number of ketones is 2. The number of ether oxygens (including phenoxy) is 6. The fourth-order valence-electron chi connectivity index (χ4n) is 8.41. The standard InChI is InChI=1S/C26H35N2O9PS.C23H31N2O9PS.CH4.V/c1-16(2)33-23(31)17(3)27-38(39,36-19-10-8-7-9-11-19)32-15-20-22-26(6,37-25(4,5)35-22)24(34-20)28-13-12-18(29)14-21(28)30;1-14(2)32-21(29)15(3)24-35(36,34-17-8-6-5-7-9-17)31-13-18-20(28)23(4,30)22(33-18)25-11-10-16(26)12-19(25)27;;/h7-13,16-17,20,22,24H,14-15H2,1-6H3,(H,27,39);5-11,14-15,18,20,22,28,30H,12-13H2,1-4H3,(H,24,36);1H4;/t17-,20+,22+,24+,26+,38-;15-,18+,20+,22+,23+,35-;;/m00../s1. The van der Waals surface area contributed by atoms with Gasteiger partial charge >= 0.3 is 25.2 Å². The Bertz CT molecular complexity index is 2580. The van der Waals surface area contributed by atoms with E-state index in [-0.39, 0.29) is 75.8 Å². The van der Waals surface area contributed by atoms with Crippen LogP contribution in [0.1, 0.15) is 89.5 Å². The first-order valence-corrected chi connectivity index (χ1v) is 29.4. The van der Waals surface area contributed by atoms with Crippen LogP contribution in [0, 0.1) is 0 Å². The van der Waals surface area contributed by atoms with E-state index in [9.17, 15) is 39.0 Å². The van der Waals surface area contributed by atoms with E-state index in [1.165, 1.54) is 36.4 Å². The van der Waals surface area contributed by atoms with Crippen molar-refractivity contribution in [2.24, 2.45) is 0 Å². The second-order valence-corrected chi connectivity index (χ2v) is 25.8. The van der Waals surface area contributed by atoms with Crippen LogP contribution in [-0.2, 0) is 108 Å². The van der Waals surface area contributed by atoms with Gasteiger partial charge in [0.2, 0.25) is 11.8 Å². The summed E-state index contributed by atoms with van der Waals surface area (Å²) in [7, 11) is 0. The van der Waals surface area contributed by atoms with Gasteiger partial charge < -0.3 is 56.7 Å². The van der Waals surface area contributed by atoms with Gasteiger partial charge in [0.25, 0.3) is 0 Å². The number of hydrogen-bond acceptors (Lipinski definition) is 20. The molecule has 0 saturated carbocycles. The Morgan fingerprint density at radius 1 is 0.701 bits per heavy atom. The largest absolute Gasteiger partial charge is 0.462 e. The number of benzene rings is 2. The molecule has 425 valence electrons. The maximum absolute atomic E-state index is 12.7. The van der Waals surface area contributed by atoms with Crippen molar-refractivity contribution in [3.8, 4) is 11.5 Å². The Balaban J connectivity index is 0.000000325. The van der Waals surface area contributed by atoms with Gasteiger partial charge in [-0.3, -0.25) is 38.6 Å². The molecule has 22 nitrogen and oxygen atoms in total. The first kappa shape index (κ1) is 65.7. The zero-order valence-electron chi connectivity index (χ0n) is 43.7. The molecule has 4 N–H and O–H groups in total. The number of carbonyl (C=O) groups excluding carboxylic acids is 6. The molecule has 2 aromatic carbocycles. The Labute approximate surface area is 471 Å². The van der Waals surface area contributed by atoms with Crippen LogP contribution in [0.3, 0.4) is 0 Å². The molecule has 0 aliphatic carbocycles. The molecule has 0 unspecified atom stereocenters. The number of allylic oxidation sites excluding steroid dienone is 2. The number of nitrogens with zero attached hydrogens (tertiary/aromatic N) is 2. The van der Waals surface area contributed by atoms with Crippen molar-refractivity contribution in [2.75, 3.05) is 13.2 Å². The molecular formula is C50H70N4O18P2S2V. The molecule has 7 rings (SSSR count). The number of carbonyl (C=O) groups is 6. The van der Waals surface area contributed by atoms with Gasteiger partial charge in [0.05, 0.1) is 38.3 Å². The normalized spacial score (nSPS) is 28.8. The van der Waals surface area contributed by atoms with Crippen molar-refractivity contribution < 1.29 is 104 Å². The number of hydrogen-bond donors (Lipinski definition) is 4. The molecule has 5 heterocycles. The van der Waals surface area contributed by atoms with Crippen LogP contribution in [0.2, 0.25) is 0 Å². The molecule has 77 heavy (non-hydrogen) atoms. The van der Waals surface area contributed by atoms with Gasteiger partial charge in [-0.15, -0.1) is 0 Å². The molecule has 12 atom stereocenters. The van der Waals surface area contributed by atoms with Gasteiger partial charge in [0.15, 0.2) is 29.8 Å². The molecule has 3 saturated heterocycles. The number of esters is 2. The Hall–Kier alpha value is -3.78. The van der Waals surface area contributed by atoms with Crippen LogP contribution < -0.4 is 19.2 Å². The average Bonchev–Trinajstić information content (AvgIpc) is 3.82. The minimum Gasteiger partial charge on any atom is -0.462 e. The predicted octanol–water partition coefficient (Wildman–Crippen LogP) is 5.21. The molecule has 2 amide bonds. The quantitative estimate of drug-likeness (QED) is 0.0753. The number of aliphatic hydroxyl groups is 2. The van der Waals surface area contributed by atoms with Gasteiger partial charge in [0.1, 0.15) is 59.2 Å². The fraction of sp³-hybridized carbons (Fsp3) is 0.560. The van der Waals surface area contributed by atoms with Crippen LogP contribution >= 0.6 is 13.3 Å². The van der Waals surface area contributed by atoms with E-state index < -0.39 is 103 Å². The van der Waals surface area contributed by atoms with Crippen molar-refractivity contribution in [3.05, 3.63) is 85.2 Å². The van der Waals surface area contributed by atoms with Crippen molar-refractivity contribution in [1.82, 2.24) is 20.0 Å². The molecule has 0 spiro atoms. The predicted molar refractivity (Wildman–Crippen MR) is 283 cm³/mol. The van der Waals surface area contributed by atoms with Crippen LogP contribution in [0.25, 0.3) is 0 Å². The van der Waals surface area contributed by atoms with Crippen LogP contribution in [0.4, 0.5) is 0 Å². The first-order chi connectivity index (χ1) is 35.0. The molecule has 5 aliphatic rings. The van der Waals surface area contributed by atoms with Gasteiger partial charge in [-0.2, -0.15) is 0 Å². The van der Waals surface area contributed by atoms with E-state index in [1.54, 1.807) is 117 Å². The van der Waals surface area contributed by atoms with Crippen LogP contribution in [-0.4, -0.2) is 147 Å². The second kappa shape index (κ2) is 27.1. The summed E-state index contributed by atoms with van der Waals surface area (Å²) in [5.41, 5.74) is -2.94. The number of para-hydroxylation sites is 2. The van der Waals surface area contributed by atoms with Gasteiger partial charge in [0, 0.05) is 31.0 Å². The number of nitrogens with one attached hydrogen (secondary N) is 2. The SMILES string of the molecule is C.CC(C)OC(=O)[C@H](C)N[P@](=S)(OC[C@H]1O[C@@H](N2C=CC(=O)CC2=O)[C@](C)(O)[C@@H]1O)Oc1ccccc1.CC(C)OC(=O)[C@H](C)N[P@](=S)(OC[C@H]1O[C@@H](N2C=CC(=O)CC2=O)[C@]2(C)OC(C)(C)O[C@H]12)Oc1ccccc1.[V]. The van der Waals surface area contributed by atoms with Gasteiger partial charge in [-0.1, -0.05) is 43.8 Å². The third-order valence-corrected chi connectivity index (χ3v) is 16.8. The molecule has 27 heteroatoms. The third kappa shape index (κ3) is 16.9. The van der Waals surface area contributed by atoms with Crippen molar-refractivity contribution >= 4 is 72.2 Å². The summed E-state index contributed by atoms with van der Waals surface area (Å²) in [5.74, 6) is -2.79. The number of fused-ring (bicyclic) bond motifs is 1. The Morgan fingerprint density at radius 2 is 1.10 bits per heavy atom. The summed E-state index contributed by atoms with van der Waals surface area (Å²) in [5, 5.41) is 27.6. The van der Waals surface area contributed by atoms with E-state index in [0.29, 0.717) is 11.5 Å². The van der Waals surface area contributed by atoms with E-state index in [2.05, 4.69) is 10.2 Å². The van der Waals surface area contributed by atoms with Crippen molar-refractivity contribution in [2.45, 2.75) is 168 Å². The summed E-state index contributed by atoms with van der Waals surface area (Å²) in [6, 6.07) is 15.8. The minimum absolute atomic E-state index is 0. The number of rotatable bonds is 20. The van der Waals surface area contributed by atoms with Gasteiger partial charge in [-0.25, -0.2) is 10.2 Å². The molecule has 3 fully saturated rings. The zero-order chi connectivity index (χ0) is 55.3. The number of aliphatic hydroxyl groups excluding tert-OH is 1. The topological polar surface area (TPSA) is 266 Å². The van der Waals surface area contributed by atoms with Crippen molar-refractivity contribution in [1.29, 1.82) is 0 Å². The monoisotopic (exact) mass is 1190 g/mol. The molecule has 0 aromatic heterocycles. The summed E-state index contributed by atoms with van der Waals surface area (Å²) in [4.78, 5) is 75.7. The maximum Gasteiger partial charge on any atom is 0.323 e. The van der Waals surface area contributed by atoms with Crippen molar-refractivity contribution in [3.63, 3.8) is 0 Å². The summed E-state index contributed by atoms with van der Waals surface area (Å²) < 4.78 is 59.2. The fourth-order valence-corrected chi connectivity index (χ4v) is 13.2. The zero-order valence-corrected chi connectivity index (χ0v) is 48.5. The minimum atomic E-state index is -3.42. The van der Waals surface area contributed by atoms with Crippen LogP contribution in [0.15, 0.2) is 85.2 Å². The third-order valence-electron chi connectivity index (χ3n) is 11.8. The molecular weight excluding hydrogens is 1120 g/mol. The smallest absolute Gasteiger partial charge is 0.323 e. The molecule has 2 aromatic rings. The summed E-state index contributed by atoms with van der Waals surface area (Å²) >= 11 is 11.5. The van der Waals surface area contributed by atoms with E-state index in [1.807, 2.05) is 6.07 Å². The average molecular weight is 1190 g/mol. The molecule has 0 bridgehead atoms. The van der Waals surface area contributed by atoms with E-state index >= 15 is 0 Å². The second-order valence-electron chi connectivity index (χ2n) is 19.5. The Morgan fingerprint density at radius 3 is 1.52 bits per heavy atom.